The third kappa shape index (κ3) is 3.90. The van der Waals surface area contributed by atoms with Gasteiger partial charge in [-0.3, -0.25) is 4.79 Å². The van der Waals surface area contributed by atoms with Crippen LogP contribution < -0.4 is 11.1 Å². The van der Waals surface area contributed by atoms with Gasteiger partial charge in [0.25, 0.3) is 0 Å². The van der Waals surface area contributed by atoms with E-state index < -0.39 is 11.5 Å². The van der Waals surface area contributed by atoms with Gasteiger partial charge in [0.1, 0.15) is 0 Å². The molecule has 2 rings (SSSR count). The van der Waals surface area contributed by atoms with E-state index in [2.05, 4.69) is 12.2 Å². The van der Waals surface area contributed by atoms with E-state index in [1.807, 2.05) is 0 Å². The molecule has 0 bridgehead atoms. The van der Waals surface area contributed by atoms with Gasteiger partial charge in [-0.1, -0.05) is 19.1 Å². The minimum absolute atomic E-state index is 0.159. The number of nitrogens with two attached hydrogens (primary N) is 1. The van der Waals surface area contributed by atoms with Gasteiger partial charge in [-0.2, -0.15) is 0 Å². The van der Waals surface area contributed by atoms with Crippen LogP contribution in [0.5, 0.6) is 0 Å². The zero-order valence-electron chi connectivity index (χ0n) is 12.5. The molecular formula is C15H24F2N2OS. The summed E-state index contributed by atoms with van der Waals surface area (Å²) in [6.07, 6.45) is 3.51. The second-order valence-corrected chi connectivity index (χ2v) is 7.19. The van der Waals surface area contributed by atoms with E-state index in [1.54, 1.807) is 0 Å². The molecule has 2 aliphatic carbocycles. The highest BCUT2D eigenvalue weighted by atomic mass is 32.1. The first-order valence-corrected chi connectivity index (χ1v) is 8.15. The fraction of sp³-hybridized carbons (Fsp3) is 0.867. The SMILES string of the molecule is CC1CCC(NC(=O)C2CCC(F)(F)CC2)(C(N)=S)CC1. The summed E-state index contributed by atoms with van der Waals surface area (Å²) in [5.41, 5.74) is 5.25. The summed E-state index contributed by atoms with van der Waals surface area (Å²) in [5.74, 6) is -2.50. The Labute approximate surface area is 130 Å². The molecule has 0 aromatic heterocycles. The highest BCUT2D eigenvalue weighted by Gasteiger charge is 2.42. The van der Waals surface area contributed by atoms with Crippen LogP contribution in [-0.4, -0.2) is 22.4 Å². The molecule has 0 aromatic rings. The third-order valence-corrected chi connectivity index (χ3v) is 5.44. The molecule has 0 atom stereocenters. The number of halogens is 2. The van der Waals surface area contributed by atoms with Crippen molar-refractivity contribution in [2.24, 2.45) is 17.6 Å². The number of hydrogen-bond acceptors (Lipinski definition) is 2. The second kappa shape index (κ2) is 6.15. The minimum Gasteiger partial charge on any atom is -0.391 e. The van der Waals surface area contributed by atoms with Crippen molar-refractivity contribution in [3.8, 4) is 0 Å². The normalized spacial score (nSPS) is 33.4. The molecular weight excluding hydrogens is 294 g/mol. The summed E-state index contributed by atoms with van der Waals surface area (Å²) in [7, 11) is 0. The van der Waals surface area contributed by atoms with E-state index >= 15 is 0 Å². The predicted octanol–water partition coefficient (Wildman–Crippen LogP) is 3.16. The van der Waals surface area contributed by atoms with Crippen molar-refractivity contribution in [1.82, 2.24) is 5.32 Å². The Morgan fingerprint density at radius 3 is 2.14 bits per heavy atom. The molecule has 2 saturated carbocycles. The molecule has 1 amide bonds. The summed E-state index contributed by atoms with van der Waals surface area (Å²) in [6, 6.07) is 0. The number of carbonyl (C=O) groups is 1. The lowest BCUT2D eigenvalue weighted by Gasteiger charge is -2.40. The first-order chi connectivity index (χ1) is 9.74. The Bertz CT molecular complexity index is 410. The lowest BCUT2D eigenvalue weighted by molar-refractivity contribution is -0.130. The van der Waals surface area contributed by atoms with E-state index in [0.717, 1.165) is 25.7 Å². The summed E-state index contributed by atoms with van der Waals surface area (Å²) in [6.45, 7) is 2.18. The Morgan fingerprint density at radius 2 is 1.67 bits per heavy atom. The number of nitrogens with one attached hydrogen (secondary N) is 1. The van der Waals surface area contributed by atoms with Gasteiger partial charge in [0.15, 0.2) is 0 Å². The molecule has 2 fully saturated rings. The zero-order valence-corrected chi connectivity index (χ0v) is 13.3. The minimum atomic E-state index is -2.61. The van der Waals surface area contributed by atoms with E-state index in [1.165, 1.54) is 0 Å². The maximum absolute atomic E-state index is 13.2. The van der Waals surface area contributed by atoms with E-state index in [9.17, 15) is 13.6 Å². The number of rotatable bonds is 3. The third-order valence-electron chi connectivity index (χ3n) is 5.05. The van der Waals surface area contributed by atoms with Gasteiger partial charge in [-0.05, 0) is 44.4 Å². The molecule has 0 saturated heterocycles. The van der Waals surface area contributed by atoms with Crippen molar-refractivity contribution < 1.29 is 13.6 Å². The fourth-order valence-corrected chi connectivity index (χ4v) is 3.58. The van der Waals surface area contributed by atoms with Crippen LogP contribution in [0.2, 0.25) is 0 Å². The smallest absolute Gasteiger partial charge is 0.248 e. The van der Waals surface area contributed by atoms with Crippen LogP contribution in [0.15, 0.2) is 0 Å². The van der Waals surface area contributed by atoms with Gasteiger partial charge in [-0.15, -0.1) is 0 Å². The summed E-state index contributed by atoms with van der Waals surface area (Å²) >= 11 is 5.17. The highest BCUT2D eigenvalue weighted by molar-refractivity contribution is 7.80. The van der Waals surface area contributed by atoms with Gasteiger partial charge >= 0.3 is 0 Å². The Kier molecular flexibility index (Phi) is 4.85. The van der Waals surface area contributed by atoms with Crippen LogP contribution in [0.4, 0.5) is 8.78 Å². The topological polar surface area (TPSA) is 55.1 Å². The van der Waals surface area contributed by atoms with E-state index in [0.29, 0.717) is 10.9 Å². The molecule has 0 heterocycles. The molecule has 0 spiro atoms. The van der Waals surface area contributed by atoms with Crippen molar-refractivity contribution in [1.29, 1.82) is 0 Å². The molecule has 0 radical (unpaired) electrons. The lowest BCUT2D eigenvalue weighted by atomic mass is 9.76. The first kappa shape index (κ1) is 16.6. The number of amides is 1. The summed E-state index contributed by atoms with van der Waals surface area (Å²) in [5, 5.41) is 3.00. The van der Waals surface area contributed by atoms with Crippen LogP contribution in [0, 0.1) is 11.8 Å². The van der Waals surface area contributed by atoms with Crippen LogP contribution in [0.3, 0.4) is 0 Å². The molecule has 120 valence electrons. The van der Waals surface area contributed by atoms with Gasteiger partial charge < -0.3 is 11.1 Å². The largest absolute Gasteiger partial charge is 0.391 e. The van der Waals surface area contributed by atoms with Gasteiger partial charge in [0.2, 0.25) is 11.8 Å². The van der Waals surface area contributed by atoms with Crippen molar-refractivity contribution in [2.75, 3.05) is 0 Å². The summed E-state index contributed by atoms with van der Waals surface area (Å²) < 4.78 is 26.3. The number of hydrogen-bond donors (Lipinski definition) is 2. The molecule has 6 heteroatoms. The molecule has 3 nitrogen and oxygen atoms in total. The fourth-order valence-electron chi connectivity index (χ4n) is 3.33. The number of alkyl halides is 2. The van der Waals surface area contributed by atoms with Crippen LogP contribution in [-0.2, 0) is 4.79 Å². The molecule has 3 N–H and O–H groups in total. The van der Waals surface area contributed by atoms with Crippen molar-refractivity contribution in [2.45, 2.75) is 69.8 Å². The Morgan fingerprint density at radius 1 is 1.14 bits per heavy atom. The van der Waals surface area contributed by atoms with Crippen molar-refractivity contribution in [3.05, 3.63) is 0 Å². The monoisotopic (exact) mass is 318 g/mol. The van der Waals surface area contributed by atoms with Gasteiger partial charge in [0.05, 0.1) is 10.5 Å². The average Bonchev–Trinajstić information content (AvgIpc) is 2.41. The first-order valence-electron chi connectivity index (χ1n) is 7.74. The van der Waals surface area contributed by atoms with Crippen LogP contribution in [0.1, 0.15) is 58.3 Å². The predicted molar refractivity (Wildman–Crippen MR) is 82.2 cm³/mol. The van der Waals surface area contributed by atoms with Gasteiger partial charge in [0, 0.05) is 18.8 Å². The summed E-state index contributed by atoms with van der Waals surface area (Å²) in [4.78, 5) is 12.7. The van der Waals surface area contributed by atoms with Gasteiger partial charge in [-0.25, -0.2) is 8.78 Å². The van der Waals surface area contributed by atoms with E-state index in [-0.39, 0.29) is 37.5 Å². The maximum atomic E-state index is 13.2. The Balaban J connectivity index is 1.98. The molecule has 0 unspecified atom stereocenters. The zero-order chi connectivity index (χ0) is 15.7. The number of carbonyl (C=O) groups excluding carboxylic acids is 1. The Hall–Kier alpha value is -0.780. The lowest BCUT2D eigenvalue weighted by Crippen LogP contribution is -2.59. The molecule has 2 aliphatic rings. The average molecular weight is 318 g/mol. The maximum Gasteiger partial charge on any atom is 0.248 e. The van der Waals surface area contributed by atoms with Crippen molar-refractivity contribution in [3.63, 3.8) is 0 Å². The molecule has 0 aromatic carbocycles. The standard InChI is InChI=1S/C15H24F2N2OS/c1-10-2-6-14(7-3-10,13(18)21)19-12(20)11-4-8-15(16,17)9-5-11/h10-11H,2-9H2,1H3,(H2,18,21)(H,19,20). The van der Waals surface area contributed by atoms with E-state index in [4.69, 9.17) is 18.0 Å². The second-order valence-electron chi connectivity index (χ2n) is 6.75. The number of thiocarbonyl (C=S) groups is 1. The van der Waals surface area contributed by atoms with Crippen LogP contribution in [0.25, 0.3) is 0 Å². The van der Waals surface area contributed by atoms with Crippen LogP contribution >= 0.6 is 12.2 Å². The molecule has 21 heavy (non-hydrogen) atoms. The van der Waals surface area contributed by atoms with Crippen molar-refractivity contribution >= 4 is 23.1 Å². The molecule has 0 aliphatic heterocycles. The quantitative estimate of drug-likeness (QED) is 0.786. The highest BCUT2D eigenvalue weighted by Crippen LogP contribution is 2.37.